The number of methoxy groups -OCH3 is 2. The number of esters is 1. The van der Waals surface area contributed by atoms with Gasteiger partial charge in [-0.2, -0.15) is 0 Å². The van der Waals surface area contributed by atoms with Gasteiger partial charge in [-0.25, -0.2) is 9.59 Å². The average molecular weight is 432 g/mol. The zero-order valence-corrected chi connectivity index (χ0v) is 17.4. The molecule has 1 aromatic carbocycles. The first kappa shape index (κ1) is 22.3. The van der Waals surface area contributed by atoms with Crippen LogP contribution in [0.1, 0.15) is 18.9 Å². The monoisotopic (exact) mass is 432 g/mol. The molecule has 10 heteroatoms. The summed E-state index contributed by atoms with van der Waals surface area (Å²) in [6.07, 6.45) is -0.798. The summed E-state index contributed by atoms with van der Waals surface area (Å²) in [7, 11) is 2.67. The minimum atomic E-state index is -1.11. The molecule has 1 aliphatic heterocycles. The number of aliphatic hydroxyl groups is 1. The number of amides is 2. The number of carbonyl (C=O) groups is 3. The Kier molecular flexibility index (Phi) is 6.59. The fourth-order valence-corrected chi connectivity index (χ4v) is 3.74. The molecule has 0 spiro atoms. The lowest BCUT2D eigenvalue weighted by Gasteiger charge is -2.24. The van der Waals surface area contributed by atoms with Crippen molar-refractivity contribution in [1.29, 1.82) is 0 Å². The van der Waals surface area contributed by atoms with Crippen LogP contribution in [-0.2, 0) is 25.5 Å². The molecule has 0 bridgehead atoms. The molecule has 1 aliphatic rings. The van der Waals surface area contributed by atoms with Gasteiger partial charge < -0.3 is 29.2 Å². The summed E-state index contributed by atoms with van der Waals surface area (Å²) >= 11 is 0. The number of nitrogens with zero attached hydrogens (tertiary/aromatic N) is 1. The minimum absolute atomic E-state index is 0.0395. The van der Waals surface area contributed by atoms with Crippen LogP contribution in [0.2, 0.25) is 0 Å². The number of hydrogen-bond acceptors (Lipinski definition) is 8. The molecule has 1 saturated heterocycles. The molecule has 3 atom stereocenters. The molecule has 0 unspecified atom stereocenters. The highest BCUT2D eigenvalue weighted by Gasteiger charge is 2.39. The number of aliphatic hydroxyl groups excluding tert-OH is 1. The van der Waals surface area contributed by atoms with Crippen molar-refractivity contribution in [3.8, 4) is 5.75 Å². The number of nitrogens with one attached hydrogen (secondary N) is 1. The predicted molar refractivity (Wildman–Crippen MR) is 108 cm³/mol. The third kappa shape index (κ3) is 4.85. The number of rotatable bonds is 6. The summed E-state index contributed by atoms with van der Waals surface area (Å²) in [5, 5.41) is 13.0. The molecule has 31 heavy (non-hydrogen) atoms. The molecule has 166 valence electrons. The van der Waals surface area contributed by atoms with Crippen LogP contribution in [0.5, 0.6) is 5.75 Å². The van der Waals surface area contributed by atoms with Gasteiger partial charge in [-0.05, 0) is 17.7 Å². The number of likely N-dealkylation sites (tertiary alicyclic amines) is 1. The van der Waals surface area contributed by atoms with Crippen LogP contribution in [0.15, 0.2) is 33.5 Å². The Hall–Kier alpha value is -3.40. The first-order valence-corrected chi connectivity index (χ1v) is 9.67. The van der Waals surface area contributed by atoms with Crippen LogP contribution < -0.4 is 15.7 Å². The van der Waals surface area contributed by atoms with Crippen molar-refractivity contribution >= 4 is 28.8 Å². The summed E-state index contributed by atoms with van der Waals surface area (Å²) in [6.45, 7) is 1.35. The van der Waals surface area contributed by atoms with E-state index in [2.05, 4.69) is 5.32 Å². The SMILES string of the molecule is COC(=O)[C@H](Cc1cc(=O)oc2cc(OC)ccc12)NC(=O)[C@@H]1C[C@@H](O)CN1C(C)=O. The van der Waals surface area contributed by atoms with Gasteiger partial charge in [-0.15, -0.1) is 0 Å². The van der Waals surface area contributed by atoms with E-state index in [1.165, 1.54) is 32.1 Å². The largest absolute Gasteiger partial charge is 0.497 e. The van der Waals surface area contributed by atoms with Crippen molar-refractivity contribution < 1.29 is 33.4 Å². The minimum Gasteiger partial charge on any atom is -0.497 e. The molecule has 2 aromatic rings. The van der Waals surface area contributed by atoms with Crippen molar-refractivity contribution in [2.45, 2.75) is 38.0 Å². The Balaban J connectivity index is 1.89. The first-order chi connectivity index (χ1) is 14.7. The second-order valence-corrected chi connectivity index (χ2v) is 7.32. The molecule has 10 nitrogen and oxygen atoms in total. The quantitative estimate of drug-likeness (QED) is 0.480. The van der Waals surface area contributed by atoms with Gasteiger partial charge in [0.2, 0.25) is 11.8 Å². The number of benzene rings is 1. The molecule has 2 N–H and O–H groups in total. The summed E-state index contributed by atoms with van der Waals surface area (Å²) in [5.41, 5.74) is 0.130. The van der Waals surface area contributed by atoms with Crippen LogP contribution in [0.3, 0.4) is 0 Å². The van der Waals surface area contributed by atoms with E-state index >= 15 is 0 Å². The first-order valence-electron chi connectivity index (χ1n) is 9.67. The fourth-order valence-electron chi connectivity index (χ4n) is 3.74. The molecule has 0 radical (unpaired) electrons. The van der Waals surface area contributed by atoms with Crippen molar-refractivity contribution in [3.05, 3.63) is 40.2 Å². The van der Waals surface area contributed by atoms with Gasteiger partial charge in [0.1, 0.15) is 23.4 Å². The lowest BCUT2D eigenvalue weighted by Crippen LogP contribution is -2.51. The molecule has 1 aromatic heterocycles. The molecular formula is C21H24N2O8. The van der Waals surface area contributed by atoms with Crippen molar-refractivity contribution in [2.75, 3.05) is 20.8 Å². The van der Waals surface area contributed by atoms with Gasteiger partial charge >= 0.3 is 11.6 Å². The van der Waals surface area contributed by atoms with Gasteiger partial charge in [0.15, 0.2) is 0 Å². The molecule has 2 amide bonds. The van der Waals surface area contributed by atoms with Crippen LogP contribution in [0, 0.1) is 0 Å². The Labute approximate surface area is 177 Å². The van der Waals surface area contributed by atoms with Crippen LogP contribution in [0.4, 0.5) is 0 Å². The summed E-state index contributed by atoms with van der Waals surface area (Å²) in [6, 6.07) is 4.15. The van der Waals surface area contributed by atoms with E-state index < -0.39 is 35.7 Å². The van der Waals surface area contributed by atoms with Crippen LogP contribution in [0.25, 0.3) is 11.0 Å². The summed E-state index contributed by atoms with van der Waals surface area (Å²) in [4.78, 5) is 50.3. The highest BCUT2D eigenvalue weighted by atomic mass is 16.5. The van der Waals surface area contributed by atoms with E-state index in [4.69, 9.17) is 13.9 Å². The van der Waals surface area contributed by atoms with Crippen LogP contribution >= 0.6 is 0 Å². The smallest absolute Gasteiger partial charge is 0.336 e. The second kappa shape index (κ2) is 9.17. The van der Waals surface area contributed by atoms with Crippen molar-refractivity contribution in [1.82, 2.24) is 10.2 Å². The maximum atomic E-state index is 12.8. The van der Waals surface area contributed by atoms with E-state index in [1.807, 2.05) is 0 Å². The van der Waals surface area contributed by atoms with Gasteiger partial charge in [0.25, 0.3) is 0 Å². The van der Waals surface area contributed by atoms with E-state index in [0.717, 1.165) is 0 Å². The Morgan fingerprint density at radius 2 is 2.03 bits per heavy atom. The molecule has 1 fully saturated rings. The zero-order valence-electron chi connectivity index (χ0n) is 17.4. The lowest BCUT2D eigenvalue weighted by molar-refractivity contribution is -0.146. The molecule has 0 saturated carbocycles. The number of fused-ring (bicyclic) bond motifs is 1. The normalized spacial score (nSPS) is 19.2. The van der Waals surface area contributed by atoms with E-state index in [1.54, 1.807) is 18.2 Å². The summed E-state index contributed by atoms with van der Waals surface area (Å²) in [5.74, 6) is -1.16. The Bertz CT molecular complexity index is 1060. The standard InChI is InChI=1S/C21H24N2O8/c1-11(24)23-10-13(25)8-17(23)20(27)22-16(21(28)30-3)6-12-7-19(26)31-18-9-14(29-2)4-5-15(12)18/h4-5,7,9,13,16-17,25H,6,8,10H2,1-3H3,(H,22,27)/t13-,16+,17+/m1/s1. The van der Waals surface area contributed by atoms with Gasteiger partial charge in [-0.3, -0.25) is 9.59 Å². The predicted octanol–water partition coefficient (Wildman–Crippen LogP) is -0.0164. The summed E-state index contributed by atoms with van der Waals surface area (Å²) < 4.78 is 15.2. The van der Waals surface area contributed by atoms with Gasteiger partial charge in [-0.1, -0.05) is 0 Å². The molecule has 3 rings (SSSR count). The van der Waals surface area contributed by atoms with Crippen molar-refractivity contribution in [3.63, 3.8) is 0 Å². The number of carbonyl (C=O) groups excluding carboxylic acids is 3. The molecule has 2 heterocycles. The third-order valence-electron chi connectivity index (χ3n) is 5.25. The lowest BCUT2D eigenvalue weighted by atomic mass is 10.0. The maximum absolute atomic E-state index is 12.8. The average Bonchev–Trinajstić information content (AvgIpc) is 3.14. The highest BCUT2D eigenvalue weighted by molar-refractivity contribution is 5.91. The van der Waals surface area contributed by atoms with E-state index in [9.17, 15) is 24.3 Å². The van der Waals surface area contributed by atoms with Crippen LogP contribution in [-0.4, -0.2) is 66.7 Å². The second-order valence-electron chi connectivity index (χ2n) is 7.32. The van der Waals surface area contributed by atoms with E-state index in [-0.39, 0.29) is 30.9 Å². The Morgan fingerprint density at radius 3 is 2.68 bits per heavy atom. The number of hydrogen-bond donors (Lipinski definition) is 2. The Morgan fingerprint density at radius 1 is 1.29 bits per heavy atom. The zero-order chi connectivity index (χ0) is 22.7. The number of β-amino-alcohol motifs (C(OH)–C–C–N with tert-alkyl or cyclic N) is 1. The maximum Gasteiger partial charge on any atom is 0.336 e. The highest BCUT2D eigenvalue weighted by Crippen LogP contribution is 2.24. The van der Waals surface area contributed by atoms with Gasteiger partial charge in [0, 0.05) is 43.8 Å². The fraction of sp³-hybridized carbons (Fsp3) is 0.429. The third-order valence-corrected chi connectivity index (χ3v) is 5.25. The van der Waals surface area contributed by atoms with E-state index in [0.29, 0.717) is 16.7 Å². The topological polar surface area (TPSA) is 135 Å². The molecule has 0 aliphatic carbocycles. The molecular weight excluding hydrogens is 408 g/mol. The van der Waals surface area contributed by atoms with Crippen molar-refractivity contribution in [2.24, 2.45) is 0 Å². The van der Waals surface area contributed by atoms with Gasteiger partial charge in [0.05, 0.1) is 20.3 Å². The number of ether oxygens (including phenoxy) is 2.